The fourth-order valence-corrected chi connectivity index (χ4v) is 3.29. The van der Waals surface area contributed by atoms with Crippen molar-refractivity contribution in [3.63, 3.8) is 0 Å². The molecule has 0 bridgehead atoms. The van der Waals surface area contributed by atoms with Gasteiger partial charge in [0.2, 0.25) is 11.8 Å². The number of ether oxygens (including phenoxy) is 1. The third-order valence-electron chi connectivity index (χ3n) is 4.78. The van der Waals surface area contributed by atoms with Gasteiger partial charge in [-0.15, -0.1) is 0 Å². The zero-order valence-corrected chi connectivity index (χ0v) is 14.1. The topological polar surface area (TPSA) is 79.0 Å². The smallest absolute Gasteiger partial charge is 0.257 e. The molecule has 2 aliphatic rings. The number of hydrogen-bond donors (Lipinski definition) is 1. The lowest BCUT2D eigenvalue weighted by atomic mass is 10.0. The van der Waals surface area contributed by atoms with Crippen LogP contribution in [0.3, 0.4) is 0 Å². The van der Waals surface area contributed by atoms with Gasteiger partial charge in [-0.1, -0.05) is 6.07 Å². The Labute approximate surface area is 144 Å². The molecule has 2 heterocycles. The standard InChI is InChI=1S/C17H20FN3O4/c1-19-16(23)10-6-14(22)21(7-10)11-8-20(9-11)17(24)12-4-3-5-13(25-2)15(12)18/h3-5,10-11H,6-9H2,1-2H3,(H,19,23). The van der Waals surface area contributed by atoms with E-state index in [0.29, 0.717) is 19.6 Å². The van der Waals surface area contributed by atoms with Crippen LogP contribution in [0, 0.1) is 11.7 Å². The van der Waals surface area contributed by atoms with E-state index in [1.165, 1.54) is 24.1 Å². The summed E-state index contributed by atoms with van der Waals surface area (Å²) in [5.41, 5.74) is -0.0474. The molecule has 2 aliphatic heterocycles. The molecule has 0 saturated carbocycles. The molecular formula is C17H20FN3O4. The Morgan fingerprint density at radius 1 is 1.28 bits per heavy atom. The number of halogens is 1. The van der Waals surface area contributed by atoms with Gasteiger partial charge >= 0.3 is 0 Å². The number of carbonyl (C=O) groups is 3. The molecule has 8 heteroatoms. The fourth-order valence-electron chi connectivity index (χ4n) is 3.29. The molecule has 25 heavy (non-hydrogen) atoms. The molecule has 134 valence electrons. The third kappa shape index (κ3) is 3.04. The Bertz CT molecular complexity index is 718. The maximum absolute atomic E-state index is 14.2. The highest BCUT2D eigenvalue weighted by molar-refractivity contribution is 5.96. The van der Waals surface area contributed by atoms with Crippen LogP contribution in [0.5, 0.6) is 5.75 Å². The van der Waals surface area contributed by atoms with Crippen LogP contribution in [0.4, 0.5) is 4.39 Å². The predicted molar refractivity (Wildman–Crippen MR) is 86.5 cm³/mol. The lowest BCUT2D eigenvalue weighted by Gasteiger charge is -2.44. The molecular weight excluding hydrogens is 329 g/mol. The van der Waals surface area contributed by atoms with E-state index in [0.717, 1.165) is 0 Å². The first-order valence-corrected chi connectivity index (χ1v) is 8.09. The molecule has 1 N–H and O–H groups in total. The second-order valence-electron chi connectivity index (χ2n) is 6.25. The number of benzene rings is 1. The number of amides is 3. The zero-order chi connectivity index (χ0) is 18.1. The highest BCUT2D eigenvalue weighted by Gasteiger charge is 2.43. The van der Waals surface area contributed by atoms with Gasteiger partial charge in [-0.2, -0.15) is 0 Å². The van der Waals surface area contributed by atoms with E-state index >= 15 is 0 Å². The molecule has 2 fully saturated rings. The molecule has 0 aliphatic carbocycles. The number of likely N-dealkylation sites (tertiary alicyclic amines) is 2. The van der Waals surface area contributed by atoms with E-state index < -0.39 is 11.7 Å². The SMILES string of the molecule is CNC(=O)C1CC(=O)N(C2CN(C(=O)c3cccc(OC)c3F)C2)C1. The number of nitrogens with one attached hydrogen (secondary N) is 1. The van der Waals surface area contributed by atoms with E-state index in [2.05, 4.69) is 5.32 Å². The van der Waals surface area contributed by atoms with Gasteiger partial charge in [0, 0.05) is 33.1 Å². The van der Waals surface area contributed by atoms with Gasteiger partial charge in [0.05, 0.1) is 24.6 Å². The first kappa shape index (κ1) is 17.2. The molecule has 1 unspecified atom stereocenters. The van der Waals surface area contributed by atoms with E-state index in [-0.39, 0.29) is 41.5 Å². The Balaban J connectivity index is 1.62. The largest absolute Gasteiger partial charge is 0.494 e. The van der Waals surface area contributed by atoms with Crippen LogP contribution in [0.1, 0.15) is 16.8 Å². The monoisotopic (exact) mass is 349 g/mol. The minimum atomic E-state index is -0.685. The van der Waals surface area contributed by atoms with Crippen molar-refractivity contribution in [2.24, 2.45) is 5.92 Å². The summed E-state index contributed by atoms with van der Waals surface area (Å²) in [5.74, 6) is -1.68. The van der Waals surface area contributed by atoms with Gasteiger partial charge in [0.1, 0.15) is 0 Å². The summed E-state index contributed by atoms with van der Waals surface area (Å²) in [6, 6.07) is 4.30. The second kappa shape index (κ2) is 6.70. The lowest BCUT2D eigenvalue weighted by Crippen LogP contribution is -2.61. The second-order valence-corrected chi connectivity index (χ2v) is 6.25. The highest BCUT2D eigenvalue weighted by Crippen LogP contribution is 2.27. The highest BCUT2D eigenvalue weighted by atomic mass is 19.1. The van der Waals surface area contributed by atoms with Crippen LogP contribution in [-0.2, 0) is 9.59 Å². The van der Waals surface area contributed by atoms with Crippen molar-refractivity contribution in [1.29, 1.82) is 0 Å². The van der Waals surface area contributed by atoms with Crippen molar-refractivity contribution in [2.45, 2.75) is 12.5 Å². The molecule has 0 aromatic heterocycles. The maximum atomic E-state index is 14.2. The predicted octanol–water partition coefficient (Wildman–Crippen LogP) is 0.253. The summed E-state index contributed by atoms with van der Waals surface area (Å²) in [5, 5.41) is 2.55. The van der Waals surface area contributed by atoms with Crippen molar-refractivity contribution in [1.82, 2.24) is 15.1 Å². The average Bonchev–Trinajstić information content (AvgIpc) is 2.94. The van der Waals surface area contributed by atoms with Gasteiger partial charge in [-0.25, -0.2) is 4.39 Å². The first-order valence-electron chi connectivity index (χ1n) is 8.09. The Hall–Kier alpha value is -2.64. The van der Waals surface area contributed by atoms with Gasteiger partial charge in [-0.05, 0) is 12.1 Å². The minimum Gasteiger partial charge on any atom is -0.494 e. The zero-order valence-electron chi connectivity index (χ0n) is 14.1. The van der Waals surface area contributed by atoms with Crippen molar-refractivity contribution >= 4 is 17.7 Å². The molecule has 1 aromatic rings. The Morgan fingerprint density at radius 3 is 2.64 bits per heavy atom. The van der Waals surface area contributed by atoms with Crippen LogP contribution in [0.2, 0.25) is 0 Å². The number of nitrogens with zero attached hydrogens (tertiary/aromatic N) is 2. The summed E-state index contributed by atoms with van der Waals surface area (Å²) in [6.45, 7) is 1.03. The van der Waals surface area contributed by atoms with Crippen molar-refractivity contribution in [3.05, 3.63) is 29.6 Å². The van der Waals surface area contributed by atoms with Crippen LogP contribution >= 0.6 is 0 Å². The summed E-state index contributed by atoms with van der Waals surface area (Å²) in [6.07, 6.45) is 0.189. The molecule has 3 rings (SSSR count). The molecule has 0 spiro atoms. The summed E-state index contributed by atoms with van der Waals surface area (Å²) in [4.78, 5) is 39.3. The molecule has 3 amide bonds. The normalized spacial score (nSPS) is 20.4. The fraction of sp³-hybridized carbons (Fsp3) is 0.471. The third-order valence-corrected chi connectivity index (χ3v) is 4.78. The number of rotatable bonds is 4. The summed E-state index contributed by atoms with van der Waals surface area (Å²) < 4.78 is 19.1. The average molecular weight is 349 g/mol. The minimum absolute atomic E-state index is 0.0195. The van der Waals surface area contributed by atoms with E-state index in [1.54, 1.807) is 18.0 Å². The number of carbonyl (C=O) groups excluding carboxylic acids is 3. The quantitative estimate of drug-likeness (QED) is 0.845. The Kier molecular flexibility index (Phi) is 4.61. The van der Waals surface area contributed by atoms with Crippen molar-refractivity contribution < 1.29 is 23.5 Å². The van der Waals surface area contributed by atoms with Gasteiger partial charge in [0.15, 0.2) is 11.6 Å². The van der Waals surface area contributed by atoms with Crippen LogP contribution in [0.15, 0.2) is 18.2 Å². The molecule has 1 aromatic carbocycles. The molecule has 0 radical (unpaired) electrons. The molecule has 1 atom stereocenters. The Morgan fingerprint density at radius 2 is 2.00 bits per heavy atom. The van der Waals surface area contributed by atoms with Crippen LogP contribution in [-0.4, -0.2) is 67.4 Å². The molecule has 2 saturated heterocycles. The first-order chi connectivity index (χ1) is 12.0. The van der Waals surface area contributed by atoms with Crippen molar-refractivity contribution in [3.8, 4) is 5.75 Å². The maximum Gasteiger partial charge on any atom is 0.257 e. The number of methoxy groups -OCH3 is 1. The van der Waals surface area contributed by atoms with E-state index in [4.69, 9.17) is 4.74 Å². The van der Waals surface area contributed by atoms with Crippen LogP contribution < -0.4 is 10.1 Å². The van der Waals surface area contributed by atoms with Crippen molar-refractivity contribution in [2.75, 3.05) is 33.8 Å². The van der Waals surface area contributed by atoms with Gasteiger partial charge in [-0.3, -0.25) is 14.4 Å². The van der Waals surface area contributed by atoms with Gasteiger partial charge in [0.25, 0.3) is 5.91 Å². The van der Waals surface area contributed by atoms with E-state index in [1.807, 2.05) is 0 Å². The summed E-state index contributed by atoms with van der Waals surface area (Å²) >= 11 is 0. The molecule has 7 nitrogen and oxygen atoms in total. The van der Waals surface area contributed by atoms with E-state index in [9.17, 15) is 18.8 Å². The lowest BCUT2D eigenvalue weighted by molar-refractivity contribution is -0.132. The van der Waals surface area contributed by atoms with Gasteiger partial charge < -0.3 is 19.9 Å². The van der Waals surface area contributed by atoms with Crippen LogP contribution in [0.25, 0.3) is 0 Å². The number of hydrogen-bond acceptors (Lipinski definition) is 4. The summed E-state index contributed by atoms with van der Waals surface area (Å²) in [7, 11) is 2.89.